The van der Waals surface area contributed by atoms with Crippen molar-refractivity contribution in [2.45, 2.75) is 5.50 Å². The van der Waals surface area contributed by atoms with E-state index in [9.17, 15) is 9.90 Å². The predicted octanol–water partition coefficient (Wildman–Crippen LogP) is 3.98. The number of anilines is 2. The highest BCUT2D eigenvalue weighted by atomic mass is 79.9. The smallest absolute Gasteiger partial charge is 0.267 e. The number of amides is 1. The van der Waals surface area contributed by atoms with Crippen molar-refractivity contribution in [3.63, 3.8) is 0 Å². The third-order valence-corrected chi connectivity index (χ3v) is 5.21. The summed E-state index contributed by atoms with van der Waals surface area (Å²) in [7, 11) is 0. The Hall–Kier alpha value is -1.92. The van der Waals surface area contributed by atoms with Gasteiger partial charge in [-0.25, -0.2) is 0 Å². The van der Waals surface area contributed by atoms with Crippen LogP contribution in [0, 0.1) is 0 Å². The summed E-state index contributed by atoms with van der Waals surface area (Å²) >= 11 is 4.83. The second kappa shape index (κ2) is 5.07. The van der Waals surface area contributed by atoms with Gasteiger partial charge in [-0.05, 0) is 36.4 Å². The number of carbonyl (C=O) groups is 1. The molecule has 0 aromatic heterocycles. The lowest BCUT2D eigenvalue weighted by atomic mass is 10.2. The number of hydrogen-bond donors (Lipinski definition) is 2. The molecular weight excluding hydrogens is 364 g/mol. The monoisotopic (exact) mass is 374 g/mol. The van der Waals surface area contributed by atoms with E-state index in [0.717, 1.165) is 15.8 Å². The Morgan fingerprint density at radius 1 is 1.27 bits per heavy atom. The molecule has 0 spiro atoms. The van der Waals surface area contributed by atoms with E-state index < -0.39 is 0 Å². The van der Waals surface area contributed by atoms with Gasteiger partial charge in [-0.3, -0.25) is 9.69 Å². The van der Waals surface area contributed by atoms with Crippen LogP contribution in [0.15, 0.2) is 51.8 Å². The van der Waals surface area contributed by atoms with Gasteiger partial charge in [0, 0.05) is 10.0 Å². The summed E-state index contributed by atoms with van der Waals surface area (Å²) < 4.78 is 0.858. The zero-order valence-electron chi connectivity index (χ0n) is 11.3. The SMILES string of the molecule is O=C1/C(=C/c2cc(Br)ccc2O)SC2Nc3ccccc3N12. The van der Waals surface area contributed by atoms with Crippen LogP contribution in [0.2, 0.25) is 0 Å². The van der Waals surface area contributed by atoms with Gasteiger partial charge in [0.05, 0.1) is 16.3 Å². The molecule has 1 amide bonds. The maximum Gasteiger partial charge on any atom is 0.267 e. The Labute approximate surface area is 140 Å². The third kappa shape index (κ3) is 2.10. The van der Waals surface area contributed by atoms with Gasteiger partial charge in [0.1, 0.15) is 5.75 Å². The maximum atomic E-state index is 12.7. The van der Waals surface area contributed by atoms with Crippen LogP contribution in [0.4, 0.5) is 11.4 Å². The highest BCUT2D eigenvalue weighted by molar-refractivity contribution is 9.10. The van der Waals surface area contributed by atoms with E-state index in [2.05, 4.69) is 21.2 Å². The lowest BCUT2D eigenvalue weighted by molar-refractivity contribution is -0.114. The molecule has 0 radical (unpaired) electrons. The van der Waals surface area contributed by atoms with Gasteiger partial charge >= 0.3 is 0 Å². The normalized spacial score (nSPS) is 21.0. The van der Waals surface area contributed by atoms with E-state index in [0.29, 0.717) is 10.5 Å². The molecule has 0 bridgehead atoms. The van der Waals surface area contributed by atoms with Gasteiger partial charge in [0.2, 0.25) is 0 Å². The minimum Gasteiger partial charge on any atom is -0.507 e. The molecule has 2 aliphatic rings. The van der Waals surface area contributed by atoms with Crippen molar-refractivity contribution < 1.29 is 9.90 Å². The Balaban J connectivity index is 1.72. The summed E-state index contributed by atoms with van der Waals surface area (Å²) in [6.07, 6.45) is 1.73. The fourth-order valence-electron chi connectivity index (χ4n) is 2.60. The molecular formula is C16H11BrN2O2S. The number of aromatic hydroxyl groups is 1. The number of nitrogens with zero attached hydrogens (tertiary/aromatic N) is 1. The largest absolute Gasteiger partial charge is 0.507 e. The summed E-state index contributed by atoms with van der Waals surface area (Å²) in [4.78, 5) is 15.0. The van der Waals surface area contributed by atoms with Crippen molar-refractivity contribution in [3.8, 4) is 5.75 Å². The molecule has 0 saturated carbocycles. The fraction of sp³-hybridized carbons (Fsp3) is 0.0625. The van der Waals surface area contributed by atoms with E-state index >= 15 is 0 Å². The van der Waals surface area contributed by atoms with Crippen LogP contribution in [-0.4, -0.2) is 16.5 Å². The topological polar surface area (TPSA) is 52.6 Å². The van der Waals surface area contributed by atoms with Crippen molar-refractivity contribution in [2.75, 3.05) is 10.2 Å². The number of phenols is 1. The molecule has 22 heavy (non-hydrogen) atoms. The Morgan fingerprint density at radius 3 is 2.95 bits per heavy atom. The summed E-state index contributed by atoms with van der Waals surface area (Å²) in [5, 5.41) is 13.3. The highest BCUT2D eigenvalue weighted by Crippen LogP contribution is 2.47. The quantitative estimate of drug-likeness (QED) is 0.741. The van der Waals surface area contributed by atoms with Gasteiger partial charge in [-0.1, -0.05) is 39.8 Å². The van der Waals surface area contributed by atoms with Crippen molar-refractivity contribution in [1.29, 1.82) is 0 Å². The molecule has 2 aliphatic heterocycles. The van der Waals surface area contributed by atoms with E-state index in [-0.39, 0.29) is 17.2 Å². The van der Waals surface area contributed by atoms with Crippen LogP contribution in [0.25, 0.3) is 6.08 Å². The Bertz CT molecular complexity index is 822. The zero-order chi connectivity index (χ0) is 15.3. The number of hydrogen-bond acceptors (Lipinski definition) is 4. The van der Waals surface area contributed by atoms with Crippen LogP contribution >= 0.6 is 27.7 Å². The molecule has 1 atom stereocenters. The van der Waals surface area contributed by atoms with Crippen LogP contribution in [0.1, 0.15) is 5.56 Å². The molecule has 2 aromatic carbocycles. The molecule has 110 valence electrons. The molecule has 4 rings (SSSR count). The first kappa shape index (κ1) is 13.7. The average molecular weight is 375 g/mol. The standard InChI is InChI=1S/C16H11BrN2O2S/c17-10-5-6-13(20)9(7-10)8-14-15(21)19-12-4-2-1-3-11(12)18-16(19)22-14/h1-8,16,18,20H/b14-8-. The number of rotatable bonds is 1. The Morgan fingerprint density at radius 2 is 2.09 bits per heavy atom. The molecule has 1 saturated heterocycles. The first-order valence-corrected chi connectivity index (χ1v) is 8.37. The molecule has 2 N–H and O–H groups in total. The fourth-order valence-corrected chi connectivity index (χ4v) is 4.11. The van der Waals surface area contributed by atoms with Gasteiger partial charge in [-0.15, -0.1) is 0 Å². The van der Waals surface area contributed by atoms with Crippen molar-refractivity contribution in [3.05, 3.63) is 57.4 Å². The average Bonchev–Trinajstić information content (AvgIpc) is 3.00. The van der Waals surface area contributed by atoms with Gasteiger partial charge < -0.3 is 10.4 Å². The zero-order valence-corrected chi connectivity index (χ0v) is 13.7. The van der Waals surface area contributed by atoms with E-state index in [1.165, 1.54) is 11.8 Å². The molecule has 2 heterocycles. The molecule has 4 nitrogen and oxygen atoms in total. The molecule has 1 fully saturated rings. The van der Waals surface area contributed by atoms with E-state index in [1.54, 1.807) is 29.2 Å². The minimum atomic E-state index is -0.120. The number of fused-ring (bicyclic) bond motifs is 3. The minimum absolute atomic E-state index is 0.0492. The molecule has 0 aliphatic carbocycles. The van der Waals surface area contributed by atoms with E-state index in [4.69, 9.17) is 0 Å². The first-order chi connectivity index (χ1) is 10.6. The summed E-state index contributed by atoms with van der Waals surface area (Å²) in [6.45, 7) is 0. The summed E-state index contributed by atoms with van der Waals surface area (Å²) in [6, 6.07) is 12.9. The predicted molar refractivity (Wildman–Crippen MR) is 92.7 cm³/mol. The van der Waals surface area contributed by atoms with Gasteiger partial charge in [0.15, 0.2) is 5.50 Å². The highest BCUT2D eigenvalue weighted by Gasteiger charge is 2.42. The first-order valence-electron chi connectivity index (χ1n) is 6.69. The van der Waals surface area contributed by atoms with E-state index in [1.807, 2.05) is 24.3 Å². The van der Waals surface area contributed by atoms with Crippen molar-refractivity contribution in [2.24, 2.45) is 0 Å². The number of para-hydroxylation sites is 2. The van der Waals surface area contributed by atoms with Crippen LogP contribution in [0.3, 0.4) is 0 Å². The number of carbonyl (C=O) groups excluding carboxylic acids is 1. The Kier molecular flexibility index (Phi) is 3.16. The lowest BCUT2D eigenvalue weighted by Crippen LogP contribution is -2.31. The maximum absolute atomic E-state index is 12.7. The lowest BCUT2D eigenvalue weighted by Gasteiger charge is -2.12. The number of thioether (sulfide) groups is 1. The number of benzene rings is 2. The number of halogens is 1. The molecule has 6 heteroatoms. The van der Waals surface area contributed by atoms with Gasteiger partial charge in [0.25, 0.3) is 5.91 Å². The van der Waals surface area contributed by atoms with Crippen LogP contribution in [-0.2, 0) is 4.79 Å². The van der Waals surface area contributed by atoms with Crippen LogP contribution < -0.4 is 10.2 Å². The second-order valence-corrected chi connectivity index (χ2v) is 7.06. The molecule has 1 unspecified atom stereocenters. The van der Waals surface area contributed by atoms with Crippen molar-refractivity contribution >= 4 is 51.0 Å². The number of nitrogens with one attached hydrogen (secondary N) is 1. The summed E-state index contributed by atoms with van der Waals surface area (Å²) in [5.41, 5.74) is 2.37. The van der Waals surface area contributed by atoms with Crippen molar-refractivity contribution in [1.82, 2.24) is 0 Å². The summed E-state index contributed by atoms with van der Waals surface area (Å²) in [5.74, 6) is 0.108. The number of phenolic OH excluding ortho intramolecular Hbond substituents is 1. The molecule has 2 aromatic rings. The third-order valence-electron chi connectivity index (χ3n) is 3.62. The van der Waals surface area contributed by atoms with Crippen LogP contribution in [0.5, 0.6) is 5.75 Å². The second-order valence-electron chi connectivity index (χ2n) is 5.02. The van der Waals surface area contributed by atoms with Gasteiger partial charge in [-0.2, -0.15) is 0 Å².